The summed E-state index contributed by atoms with van der Waals surface area (Å²) < 4.78 is 0. The maximum atomic E-state index is 5.47. The molecule has 42 valence electrons. The molecule has 0 spiro atoms. The summed E-state index contributed by atoms with van der Waals surface area (Å²) >= 11 is 5.47. The van der Waals surface area contributed by atoms with Crippen molar-refractivity contribution < 1.29 is 29.6 Å². The largest absolute Gasteiger partial charge is 1.00 e. The molecule has 0 saturated heterocycles. The number of rotatable bonds is 0. The Bertz CT molecular complexity index is 171. The van der Waals surface area contributed by atoms with E-state index in [4.69, 9.17) is 17.3 Å². The van der Waals surface area contributed by atoms with E-state index in [2.05, 4.69) is 11.1 Å². The average molecular weight is 151 g/mol. The van der Waals surface area contributed by atoms with Crippen molar-refractivity contribution in [1.82, 2.24) is 4.98 Å². The van der Waals surface area contributed by atoms with Gasteiger partial charge in [-0.05, 0) is 5.02 Å². The molecular weight excluding hydrogens is 147 g/mol. The van der Waals surface area contributed by atoms with Crippen molar-refractivity contribution in [2.45, 2.75) is 0 Å². The zero-order valence-corrected chi connectivity index (χ0v) is 7.81. The van der Waals surface area contributed by atoms with Crippen LogP contribution in [0.15, 0.2) is 12.3 Å². The fourth-order valence-corrected chi connectivity index (χ4v) is 0.470. The molecule has 2 nitrogen and oxygen atoms in total. The number of halogens is 1. The van der Waals surface area contributed by atoms with Gasteiger partial charge in [0.25, 0.3) is 0 Å². The molecule has 0 radical (unpaired) electrons. The minimum absolute atomic E-state index is 0. The SMILES string of the molecule is Nc1ncc[c-]c1Cl.[Na+]. The van der Waals surface area contributed by atoms with Crippen molar-refractivity contribution >= 4 is 17.4 Å². The Labute approximate surface area is 80.7 Å². The maximum absolute atomic E-state index is 5.47. The Morgan fingerprint density at radius 1 is 1.67 bits per heavy atom. The topological polar surface area (TPSA) is 38.9 Å². The van der Waals surface area contributed by atoms with Gasteiger partial charge >= 0.3 is 29.6 Å². The van der Waals surface area contributed by atoms with E-state index in [9.17, 15) is 0 Å². The van der Waals surface area contributed by atoms with Crippen molar-refractivity contribution in [1.29, 1.82) is 0 Å². The molecule has 0 bridgehead atoms. The molecule has 0 saturated carbocycles. The molecule has 1 aromatic heterocycles. The van der Waals surface area contributed by atoms with Gasteiger partial charge in [-0.1, -0.05) is 6.20 Å². The van der Waals surface area contributed by atoms with E-state index in [1.54, 1.807) is 12.3 Å². The van der Waals surface area contributed by atoms with Crippen molar-refractivity contribution in [3.05, 3.63) is 23.4 Å². The summed E-state index contributed by atoms with van der Waals surface area (Å²) in [5, 5.41) is 0.382. The molecule has 0 unspecified atom stereocenters. The van der Waals surface area contributed by atoms with E-state index in [0.717, 1.165) is 0 Å². The van der Waals surface area contributed by atoms with Crippen LogP contribution in [0.1, 0.15) is 0 Å². The Hall–Kier alpha value is 0.240. The molecule has 0 fully saturated rings. The van der Waals surface area contributed by atoms with Crippen LogP contribution in [-0.2, 0) is 0 Å². The third-order valence-corrected chi connectivity index (χ3v) is 1.03. The molecule has 0 aliphatic carbocycles. The Kier molecular flexibility index (Phi) is 4.23. The summed E-state index contributed by atoms with van der Waals surface area (Å²) in [7, 11) is 0. The number of pyridine rings is 1. The molecule has 1 rings (SSSR count). The summed E-state index contributed by atoms with van der Waals surface area (Å²) in [6, 6.07) is 4.29. The van der Waals surface area contributed by atoms with Gasteiger partial charge in [0.2, 0.25) is 0 Å². The molecular formula is C5H4ClN2Na. The van der Waals surface area contributed by atoms with Crippen LogP contribution in [0.3, 0.4) is 0 Å². The van der Waals surface area contributed by atoms with Crippen LogP contribution in [0.5, 0.6) is 0 Å². The van der Waals surface area contributed by atoms with Crippen LogP contribution in [0.25, 0.3) is 0 Å². The predicted octanol–water partition coefficient (Wildman–Crippen LogP) is -1.88. The van der Waals surface area contributed by atoms with Gasteiger partial charge in [0.05, 0.1) is 0 Å². The molecule has 9 heavy (non-hydrogen) atoms. The molecule has 0 atom stereocenters. The van der Waals surface area contributed by atoms with E-state index in [1.165, 1.54) is 0 Å². The van der Waals surface area contributed by atoms with Crippen LogP contribution >= 0.6 is 11.6 Å². The van der Waals surface area contributed by atoms with Crippen LogP contribution < -0.4 is 35.3 Å². The van der Waals surface area contributed by atoms with Crippen LogP contribution in [0.2, 0.25) is 5.02 Å². The molecule has 1 heterocycles. The summed E-state index contributed by atoms with van der Waals surface area (Å²) in [5.41, 5.74) is 5.25. The van der Waals surface area contributed by atoms with Crippen molar-refractivity contribution in [2.24, 2.45) is 0 Å². The number of nitrogens with zero attached hydrogens (tertiary/aromatic N) is 1. The van der Waals surface area contributed by atoms with Gasteiger partial charge in [-0.15, -0.1) is 11.6 Å². The number of hydrogen-bond donors (Lipinski definition) is 1. The fraction of sp³-hybridized carbons (Fsp3) is 0. The minimum Gasteiger partial charge on any atom is -0.434 e. The van der Waals surface area contributed by atoms with Gasteiger partial charge in [0, 0.05) is 5.82 Å². The number of hydrogen-bond acceptors (Lipinski definition) is 2. The van der Waals surface area contributed by atoms with Crippen LogP contribution in [0, 0.1) is 6.07 Å². The first-order valence-electron chi connectivity index (χ1n) is 2.08. The van der Waals surface area contributed by atoms with Crippen molar-refractivity contribution in [3.8, 4) is 0 Å². The smallest absolute Gasteiger partial charge is 0.434 e. The molecule has 2 N–H and O–H groups in total. The third kappa shape index (κ3) is 2.54. The second-order valence-corrected chi connectivity index (χ2v) is 1.67. The second kappa shape index (κ2) is 4.12. The van der Waals surface area contributed by atoms with Gasteiger partial charge in [-0.25, -0.2) is 0 Å². The molecule has 0 amide bonds. The Morgan fingerprint density at radius 3 is 2.67 bits per heavy atom. The zero-order chi connectivity index (χ0) is 5.98. The van der Waals surface area contributed by atoms with Gasteiger partial charge in [-0.2, -0.15) is 12.1 Å². The van der Waals surface area contributed by atoms with Crippen molar-refractivity contribution in [2.75, 3.05) is 5.73 Å². The second-order valence-electron chi connectivity index (χ2n) is 1.29. The van der Waals surface area contributed by atoms with E-state index >= 15 is 0 Å². The van der Waals surface area contributed by atoms with Gasteiger partial charge in [0.1, 0.15) is 0 Å². The number of aromatic nitrogens is 1. The number of nitrogen functional groups attached to an aromatic ring is 1. The van der Waals surface area contributed by atoms with E-state index in [0.29, 0.717) is 10.8 Å². The van der Waals surface area contributed by atoms with E-state index < -0.39 is 0 Å². The Balaban J connectivity index is 0.000000640. The first kappa shape index (κ1) is 9.24. The third-order valence-electron chi connectivity index (χ3n) is 0.723. The number of nitrogens with two attached hydrogens (primary N) is 1. The van der Waals surface area contributed by atoms with Gasteiger partial charge in [-0.3, -0.25) is 0 Å². The average Bonchev–Trinajstić information content (AvgIpc) is 1.77. The monoisotopic (exact) mass is 150 g/mol. The molecule has 1 aromatic rings. The molecule has 0 aromatic carbocycles. The van der Waals surface area contributed by atoms with Crippen LogP contribution in [-0.4, -0.2) is 4.98 Å². The molecule has 0 aliphatic heterocycles. The zero-order valence-electron chi connectivity index (χ0n) is 5.06. The number of anilines is 1. The van der Waals surface area contributed by atoms with E-state index in [1.807, 2.05) is 0 Å². The normalized spacial score (nSPS) is 8.11. The maximum Gasteiger partial charge on any atom is 1.00 e. The summed E-state index contributed by atoms with van der Waals surface area (Å²) in [4.78, 5) is 3.69. The first-order chi connectivity index (χ1) is 3.80. The quantitative estimate of drug-likeness (QED) is 0.347. The van der Waals surface area contributed by atoms with Crippen LogP contribution in [0.4, 0.5) is 5.82 Å². The molecule has 0 aliphatic rings. The van der Waals surface area contributed by atoms with E-state index in [-0.39, 0.29) is 29.6 Å². The predicted molar refractivity (Wildman–Crippen MR) is 32.5 cm³/mol. The molecule has 4 heteroatoms. The Morgan fingerprint density at radius 2 is 2.33 bits per heavy atom. The fourth-order valence-electron chi connectivity index (χ4n) is 0.359. The summed E-state index contributed by atoms with van der Waals surface area (Å²) in [6.45, 7) is 0. The minimum atomic E-state index is 0. The van der Waals surface area contributed by atoms with Gasteiger partial charge in [0.15, 0.2) is 0 Å². The summed E-state index contributed by atoms with van der Waals surface area (Å²) in [6.07, 6.45) is 1.54. The van der Waals surface area contributed by atoms with Gasteiger partial charge < -0.3 is 10.7 Å². The first-order valence-corrected chi connectivity index (χ1v) is 2.46. The van der Waals surface area contributed by atoms with Crippen molar-refractivity contribution in [3.63, 3.8) is 0 Å². The standard InChI is InChI=1S/C5H4ClN2.Na/c6-4-2-1-3-8-5(4)7;/h1,3H,(H2,7,8);/q-1;+1. The summed E-state index contributed by atoms with van der Waals surface area (Å²) in [5.74, 6) is 0.328.